The summed E-state index contributed by atoms with van der Waals surface area (Å²) in [5.41, 5.74) is 1.53. The summed E-state index contributed by atoms with van der Waals surface area (Å²) in [5.74, 6) is 0.243. The molecule has 0 saturated carbocycles. The molecular weight excluding hydrogens is 340 g/mol. The van der Waals surface area contributed by atoms with Crippen molar-refractivity contribution in [3.05, 3.63) is 77.9 Å². The van der Waals surface area contributed by atoms with E-state index < -0.39 is 0 Å². The van der Waals surface area contributed by atoms with E-state index in [1.165, 1.54) is 5.39 Å². The van der Waals surface area contributed by atoms with Gasteiger partial charge in [-0.25, -0.2) is 0 Å². The van der Waals surface area contributed by atoms with Crippen molar-refractivity contribution in [2.45, 2.75) is 6.54 Å². The third-order valence-corrected chi connectivity index (χ3v) is 4.41. The van der Waals surface area contributed by atoms with Crippen molar-refractivity contribution in [1.29, 1.82) is 0 Å². The first-order valence-electron chi connectivity index (χ1n) is 8.71. The van der Waals surface area contributed by atoms with Crippen LogP contribution in [0.3, 0.4) is 0 Å². The van der Waals surface area contributed by atoms with E-state index in [1.807, 2.05) is 18.2 Å². The standard InChI is InChI=1S/C22H22N2O3/c1-24(15-16-7-8-17-5-3-4-6-19(17)13-16)21(25)14-23-22(26)18-9-11-20(27-2)12-10-18/h3-13H,14-15H2,1-2H3,(H,23,26). The highest BCUT2D eigenvalue weighted by Gasteiger charge is 2.12. The van der Waals surface area contributed by atoms with Crippen LogP contribution in [0.4, 0.5) is 0 Å². The molecule has 3 aromatic carbocycles. The zero-order chi connectivity index (χ0) is 19.2. The van der Waals surface area contributed by atoms with E-state index in [1.54, 1.807) is 43.3 Å². The lowest BCUT2D eigenvalue weighted by atomic mass is 10.1. The first-order chi connectivity index (χ1) is 13.1. The van der Waals surface area contributed by atoms with Gasteiger partial charge in [0.25, 0.3) is 5.91 Å². The van der Waals surface area contributed by atoms with Gasteiger partial charge in [0.15, 0.2) is 0 Å². The van der Waals surface area contributed by atoms with Gasteiger partial charge in [-0.1, -0.05) is 36.4 Å². The lowest BCUT2D eigenvalue weighted by Gasteiger charge is -2.18. The van der Waals surface area contributed by atoms with E-state index in [9.17, 15) is 9.59 Å². The molecule has 0 aliphatic carbocycles. The summed E-state index contributed by atoms with van der Waals surface area (Å²) in [6.45, 7) is 0.441. The maximum atomic E-state index is 12.3. The molecule has 0 aromatic heterocycles. The molecule has 0 radical (unpaired) electrons. The number of likely N-dealkylation sites (N-methyl/N-ethyl adjacent to an activating group) is 1. The predicted octanol–water partition coefficient (Wildman–Crippen LogP) is 3.24. The van der Waals surface area contributed by atoms with Crippen molar-refractivity contribution in [3.63, 3.8) is 0 Å². The number of hydrogen-bond acceptors (Lipinski definition) is 3. The summed E-state index contributed by atoms with van der Waals surface area (Å²) in [6.07, 6.45) is 0. The van der Waals surface area contributed by atoms with Gasteiger partial charge in [-0.05, 0) is 46.7 Å². The third-order valence-electron chi connectivity index (χ3n) is 4.41. The van der Waals surface area contributed by atoms with Crippen LogP contribution in [0.25, 0.3) is 10.8 Å². The predicted molar refractivity (Wildman–Crippen MR) is 106 cm³/mol. The van der Waals surface area contributed by atoms with E-state index in [-0.39, 0.29) is 18.4 Å². The minimum atomic E-state index is -0.287. The number of amides is 2. The van der Waals surface area contributed by atoms with Crippen molar-refractivity contribution < 1.29 is 14.3 Å². The van der Waals surface area contributed by atoms with Crippen molar-refractivity contribution in [1.82, 2.24) is 10.2 Å². The molecule has 3 aromatic rings. The number of benzene rings is 3. The molecule has 0 atom stereocenters. The molecule has 5 heteroatoms. The molecule has 0 heterocycles. The molecule has 0 aliphatic heterocycles. The Morgan fingerprint density at radius 3 is 2.37 bits per heavy atom. The summed E-state index contributed by atoms with van der Waals surface area (Å²) < 4.78 is 5.07. The molecule has 138 valence electrons. The smallest absolute Gasteiger partial charge is 0.251 e. The van der Waals surface area contributed by atoms with E-state index in [4.69, 9.17) is 4.74 Å². The lowest BCUT2D eigenvalue weighted by molar-refractivity contribution is -0.129. The van der Waals surface area contributed by atoms with Crippen LogP contribution in [0.15, 0.2) is 66.7 Å². The van der Waals surface area contributed by atoms with E-state index >= 15 is 0 Å². The number of nitrogens with zero attached hydrogens (tertiary/aromatic N) is 1. The van der Waals surface area contributed by atoms with Crippen molar-refractivity contribution >= 4 is 22.6 Å². The molecule has 2 amide bonds. The largest absolute Gasteiger partial charge is 0.497 e. The van der Waals surface area contributed by atoms with Crippen LogP contribution in [0.5, 0.6) is 5.75 Å². The van der Waals surface area contributed by atoms with Gasteiger partial charge in [-0.2, -0.15) is 0 Å². The maximum Gasteiger partial charge on any atom is 0.251 e. The van der Waals surface area contributed by atoms with Crippen molar-refractivity contribution in [2.24, 2.45) is 0 Å². The lowest BCUT2D eigenvalue weighted by Crippen LogP contribution is -2.37. The summed E-state index contributed by atoms with van der Waals surface area (Å²) in [6, 6.07) is 21.0. The third kappa shape index (κ3) is 4.64. The van der Waals surface area contributed by atoms with Gasteiger partial charge < -0.3 is 15.0 Å². The van der Waals surface area contributed by atoms with E-state index in [0.29, 0.717) is 17.9 Å². The summed E-state index contributed by atoms with van der Waals surface area (Å²) in [7, 11) is 3.30. The molecule has 0 bridgehead atoms. The zero-order valence-electron chi connectivity index (χ0n) is 15.4. The van der Waals surface area contributed by atoms with Crippen LogP contribution < -0.4 is 10.1 Å². The topological polar surface area (TPSA) is 58.6 Å². The SMILES string of the molecule is COc1ccc(C(=O)NCC(=O)N(C)Cc2ccc3ccccc3c2)cc1. The van der Waals surface area contributed by atoms with E-state index in [0.717, 1.165) is 10.9 Å². The molecule has 0 spiro atoms. The molecule has 0 saturated heterocycles. The molecule has 0 aliphatic rings. The minimum Gasteiger partial charge on any atom is -0.497 e. The average molecular weight is 362 g/mol. The van der Waals surface area contributed by atoms with Gasteiger partial charge >= 0.3 is 0 Å². The highest BCUT2D eigenvalue weighted by Crippen LogP contribution is 2.16. The average Bonchev–Trinajstić information content (AvgIpc) is 2.71. The fraction of sp³-hybridized carbons (Fsp3) is 0.182. The quantitative estimate of drug-likeness (QED) is 0.732. The van der Waals surface area contributed by atoms with Crippen LogP contribution in [0.1, 0.15) is 15.9 Å². The fourth-order valence-corrected chi connectivity index (χ4v) is 2.83. The van der Waals surface area contributed by atoms with Gasteiger partial charge in [-0.3, -0.25) is 9.59 Å². The Bertz CT molecular complexity index is 951. The van der Waals surface area contributed by atoms with Crippen molar-refractivity contribution in [3.8, 4) is 5.75 Å². The Morgan fingerprint density at radius 2 is 1.67 bits per heavy atom. The van der Waals surface area contributed by atoms with Gasteiger partial charge in [0, 0.05) is 19.2 Å². The molecule has 1 N–H and O–H groups in total. The molecular formula is C22H22N2O3. The Balaban J connectivity index is 1.55. The van der Waals surface area contributed by atoms with Crippen LogP contribution in [-0.2, 0) is 11.3 Å². The Morgan fingerprint density at radius 1 is 0.963 bits per heavy atom. The Hall–Kier alpha value is -3.34. The maximum absolute atomic E-state index is 12.3. The molecule has 27 heavy (non-hydrogen) atoms. The second-order valence-electron chi connectivity index (χ2n) is 6.34. The fourth-order valence-electron chi connectivity index (χ4n) is 2.83. The monoisotopic (exact) mass is 362 g/mol. The normalized spacial score (nSPS) is 10.4. The zero-order valence-corrected chi connectivity index (χ0v) is 15.4. The van der Waals surface area contributed by atoms with Gasteiger partial charge in [0.1, 0.15) is 5.75 Å². The second-order valence-corrected chi connectivity index (χ2v) is 6.34. The number of carbonyl (C=O) groups excluding carboxylic acids is 2. The van der Waals surface area contributed by atoms with Crippen molar-refractivity contribution in [2.75, 3.05) is 20.7 Å². The number of rotatable bonds is 6. The van der Waals surface area contributed by atoms with Crippen LogP contribution in [-0.4, -0.2) is 37.4 Å². The minimum absolute atomic E-state index is 0.0467. The van der Waals surface area contributed by atoms with Gasteiger partial charge in [0.2, 0.25) is 5.91 Å². The molecule has 0 unspecified atom stereocenters. The number of methoxy groups -OCH3 is 1. The molecule has 3 rings (SSSR count). The summed E-state index contributed by atoms with van der Waals surface area (Å²) in [5, 5.41) is 4.97. The van der Waals surface area contributed by atoms with Crippen LogP contribution >= 0.6 is 0 Å². The first kappa shape index (κ1) is 18.5. The first-order valence-corrected chi connectivity index (χ1v) is 8.71. The highest BCUT2D eigenvalue weighted by molar-refractivity contribution is 5.96. The number of hydrogen-bond donors (Lipinski definition) is 1. The Labute approximate surface area is 158 Å². The number of ether oxygens (including phenoxy) is 1. The molecule has 5 nitrogen and oxygen atoms in total. The van der Waals surface area contributed by atoms with Crippen LogP contribution in [0.2, 0.25) is 0 Å². The highest BCUT2D eigenvalue weighted by atomic mass is 16.5. The number of carbonyl (C=O) groups is 2. The second kappa shape index (κ2) is 8.36. The van der Waals surface area contributed by atoms with Gasteiger partial charge in [-0.15, -0.1) is 0 Å². The molecule has 0 fully saturated rings. The summed E-state index contributed by atoms with van der Waals surface area (Å²) in [4.78, 5) is 26.1. The van der Waals surface area contributed by atoms with E-state index in [2.05, 4.69) is 29.6 Å². The van der Waals surface area contributed by atoms with Gasteiger partial charge in [0.05, 0.1) is 13.7 Å². The summed E-state index contributed by atoms with van der Waals surface area (Å²) >= 11 is 0. The number of fused-ring (bicyclic) bond motifs is 1. The Kier molecular flexibility index (Phi) is 5.71. The number of nitrogens with one attached hydrogen (secondary N) is 1. The van der Waals surface area contributed by atoms with Crippen LogP contribution in [0, 0.1) is 0 Å².